The van der Waals surface area contributed by atoms with Gasteiger partial charge in [0, 0.05) is 24.1 Å². The summed E-state index contributed by atoms with van der Waals surface area (Å²) in [4.78, 5) is 12.3. The standard InChI is InChI=1S/C16H20N2O2/c1-11-8-12(9-17)6-7-14(11)16(20)18-15-5-3-2-4-13(15)10-19/h6-8,13,15,19H,2-5,10H2,1H3,(H,18,20). The van der Waals surface area contributed by atoms with E-state index in [1.165, 1.54) is 0 Å². The summed E-state index contributed by atoms with van der Waals surface area (Å²) < 4.78 is 0. The van der Waals surface area contributed by atoms with Gasteiger partial charge in [0.25, 0.3) is 5.91 Å². The lowest BCUT2D eigenvalue weighted by Crippen LogP contribution is -2.43. The molecule has 2 rings (SSSR count). The van der Waals surface area contributed by atoms with Crippen LogP contribution in [0.2, 0.25) is 0 Å². The number of hydrogen-bond acceptors (Lipinski definition) is 3. The van der Waals surface area contributed by atoms with Crippen LogP contribution in [0.5, 0.6) is 0 Å². The van der Waals surface area contributed by atoms with Gasteiger partial charge in [0.1, 0.15) is 0 Å². The second-order valence-corrected chi connectivity index (χ2v) is 5.45. The Morgan fingerprint density at radius 1 is 1.45 bits per heavy atom. The zero-order chi connectivity index (χ0) is 14.5. The molecular formula is C16H20N2O2. The number of nitrogens with one attached hydrogen (secondary N) is 1. The molecule has 1 aliphatic rings. The van der Waals surface area contributed by atoms with Crippen LogP contribution in [-0.4, -0.2) is 23.7 Å². The molecule has 2 unspecified atom stereocenters. The van der Waals surface area contributed by atoms with Gasteiger partial charge in [0.2, 0.25) is 0 Å². The average molecular weight is 272 g/mol. The molecule has 0 radical (unpaired) electrons. The summed E-state index contributed by atoms with van der Waals surface area (Å²) in [6, 6.07) is 7.19. The van der Waals surface area contributed by atoms with Gasteiger partial charge in [0.15, 0.2) is 0 Å². The molecule has 1 aliphatic carbocycles. The van der Waals surface area contributed by atoms with Crippen molar-refractivity contribution < 1.29 is 9.90 Å². The van der Waals surface area contributed by atoms with Gasteiger partial charge >= 0.3 is 0 Å². The summed E-state index contributed by atoms with van der Waals surface area (Å²) in [5.74, 6) is 0.0451. The fraction of sp³-hybridized carbons (Fsp3) is 0.500. The van der Waals surface area contributed by atoms with Gasteiger partial charge in [0.05, 0.1) is 11.6 Å². The molecule has 0 spiro atoms. The molecule has 4 heteroatoms. The molecule has 1 aromatic rings. The van der Waals surface area contributed by atoms with E-state index >= 15 is 0 Å². The van der Waals surface area contributed by atoms with Crippen molar-refractivity contribution in [1.82, 2.24) is 5.32 Å². The molecule has 0 aromatic heterocycles. The highest BCUT2D eigenvalue weighted by Gasteiger charge is 2.26. The summed E-state index contributed by atoms with van der Waals surface area (Å²) in [5.41, 5.74) is 1.97. The quantitative estimate of drug-likeness (QED) is 0.885. The van der Waals surface area contributed by atoms with Crippen molar-refractivity contribution in [2.75, 3.05) is 6.61 Å². The van der Waals surface area contributed by atoms with Crippen LogP contribution in [0.3, 0.4) is 0 Å². The van der Waals surface area contributed by atoms with Crippen molar-refractivity contribution in [1.29, 1.82) is 5.26 Å². The number of carbonyl (C=O) groups excluding carboxylic acids is 1. The summed E-state index contributed by atoms with van der Waals surface area (Å²) in [7, 11) is 0. The van der Waals surface area contributed by atoms with Crippen LogP contribution in [0.15, 0.2) is 18.2 Å². The predicted molar refractivity (Wildman–Crippen MR) is 76.2 cm³/mol. The molecular weight excluding hydrogens is 252 g/mol. The maximum Gasteiger partial charge on any atom is 0.251 e. The van der Waals surface area contributed by atoms with Gasteiger partial charge < -0.3 is 10.4 Å². The Morgan fingerprint density at radius 3 is 2.85 bits per heavy atom. The highest BCUT2D eigenvalue weighted by Crippen LogP contribution is 2.24. The third-order valence-electron chi connectivity index (χ3n) is 4.06. The number of nitriles is 1. The molecule has 1 fully saturated rings. The van der Waals surface area contributed by atoms with Crippen molar-refractivity contribution >= 4 is 5.91 Å². The monoisotopic (exact) mass is 272 g/mol. The first kappa shape index (κ1) is 14.5. The number of aliphatic hydroxyl groups excluding tert-OH is 1. The highest BCUT2D eigenvalue weighted by atomic mass is 16.3. The minimum Gasteiger partial charge on any atom is -0.396 e. The van der Waals surface area contributed by atoms with Crippen LogP contribution >= 0.6 is 0 Å². The van der Waals surface area contributed by atoms with E-state index in [-0.39, 0.29) is 24.5 Å². The number of aliphatic hydroxyl groups is 1. The number of rotatable bonds is 3. The van der Waals surface area contributed by atoms with Crippen molar-refractivity contribution in [3.05, 3.63) is 34.9 Å². The fourth-order valence-electron chi connectivity index (χ4n) is 2.85. The van der Waals surface area contributed by atoms with Gasteiger partial charge in [-0.3, -0.25) is 4.79 Å². The molecule has 106 valence electrons. The molecule has 0 bridgehead atoms. The normalized spacial score (nSPS) is 22.1. The molecule has 2 atom stereocenters. The van der Waals surface area contributed by atoms with E-state index < -0.39 is 0 Å². The van der Waals surface area contributed by atoms with Crippen LogP contribution in [0.25, 0.3) is 0 Å². The third-order valence-corrected chi connectivity index (χ3v) is 4.06. The Kier molecular flexibility index (Phi) is 4.75. The number of nitrogens with zero attached hydrogens (tertiary/aromatic N) is 1. The molecule has 4 nitrogen and oxygen atoms in total. The van der Waals surface area contributed by atoms with E-state index in [1.54, 1.807) is 18.2 Å². The molecule has 0 aliphatic heterocycles. The van der Waals surface area contributed by atoms with E-state index in [4.69, 9.17) is 5.26 Å². The zero-order valence-corrected chi connectivity index (χ0v) is 11.7. The van der Waals surface area contributed by atoms with Gasteiger partial charge in [-0.15, -0.1) is 0 Å². The largest absolute Gasteiger partial charge is 0.396 e. The van der Waals surface area contributed by atoms with Crippen molar-refractivity contribution in [2.45, 2.75) is 38.6 Å². The van der Waals surface area contributed by atoms with Gasteiger partial charge in [-0.2, -0.15) is 5.26 Å². The molecule has 1 aromatic carbocycles. The summed E-state index contributed by atoms with van der Waals surface area (Å²) in [5, 5.41) is 21.3. The number of hydrogen-bond donors (Lipinski definition) is 2. The van der Waals surface area contributed by atoms with Crippen molar-refractivity contribution in [2.24, 2.45) is 5.92 Å². The summed E-state index contributed by atoms with van der Waals surface area (Å²) in [6.45, 7) is 1.96. The van der Waals surface area contributed by atoms with Crippen LogP contribution in [0, 0.1) is 24.2 Å². The number of carbonyl (C=O) groups is 1. The Morgan fingerprint density at radius 2 is 2.20 bits per heavy atom. The van der Waals surface area contributed by atoms with E-state index in [1.807, 2.05) is 6.92 Å². The van der Waals surface area contributed by atoms with E-state index in [2.05, 4.69) is 11.4 Å². The van der Waals surface area contributed by atoms with Gasteiger partial charge in [-0.05, 0) is 43.5 Å². The maximum atomic E-state index is 12.3. The Hall–Kier alpha value is -1.86. The van der Waals surface area contributed by atoms with Crippen LogP contribution in [0.1, 0.15) is 47.2 Å². The highest BCUT2D eigenvalue weighted by molar-refractivity contribution is 5.96. The Labute approximate surface area is 119 Å². The van der Waals surface area contributed by atoms with E-state index in [0.29, 0.717) is 11.1 Å². The van der Waals surface area contributed by atoms with Gasteiger partial charge in [-0.25, -0.2) is 0 Å². The summed E-state index contributed by atoms with van der Waals surface area (Å²) >= 11 is 0. The fourth-order valence-corrected chi connectivity index (χ4v) is 2.85. The van der Waals surface area contributed by atoms with Crippen molar-refractivity contribution in [3.8, 4) is 6.07 Å². The molecule has 1 saturated carbocycles. The van der Waals surface area contributed by atoms with Crippen LogP contribution < -0.4 is 5.32 Å². The Bertz CT molecular complexity index is 534. The van der Waals surface area contributed by atoms with Gasteiger partial charge in [-0.1, -0.05) is 12.8 Å². The van der Waals surface area contributed by atoms with Crippen LogP contribution in [0.4, 0.5) is 0 Å². The minimum absolute atomic E-state index is 0.0521. The Balaban J connectivity index is 2.10. The smallest absolute Gasteiger partial charge is 0.251 e. The topological polar surface area (TPSA) is 73.1 Å². The molecule has 0 heterocycles. The minimum atomic E-state index is -0.114. The van der Waals surface area contributed by atoms with E-state index in [0.717, 1.165) is 31.2 Å². The van der Waals surface area contributed by atoms with Crippen LogP contribution in [-0.2, 0) is 0 Å². The first-order valence-corrected chi connectivity index (χ1v) is 7.08. The number of aryl methyl sites for hydroxylation is 1. The lowest BCUT2D eigenvalue weighted by molar-refractivity contribution is 0.0872. The van der Waals surface area contributed by atoms with E-state index in [9.17, 15) is 9.90 Å². The number of benzene rings is 1. The lowest BCUT2D eigenvalue weighted by Gasteiger charge is -2.31. The first-order valence-electron chi connectivity index (χ1n) is 7.08. The predicted octanol–water partition coefficient (Wildman–Crippen LogP) is 2.15. The molecule has 0 saturated heterocycles. The molecule has 2 N–H and O–H groups in total. The maximum absolute atomic E-state index is 12.3. The molecule has 1 amide bonds. The SMILES string of the molecule is Cc1cc(C#N)ccc1C(=O)NC1CCCCC1CO. The lowest BCUT2D eigenvalue weighted by atomic mass is 9.85. The zero-order valence-electron chi connectivity index (χ0n) is 11.7. The third kappa shape index (κ3) is 3.17. The average Bonchev–Trinajstić information content (AvgIpc) is 2.47. The first-order chi connectivity index (χ1) is 9.65. The van der Waals surface area contributed by atoms with Crippen molar-refractivity contribution in [3.63, 3.8) is 0 Å². The number of amides is 1. The second-order valence-electron chi connectivity index (χ2n) is 5.45. The molecule has 20 heavy (non-hydrogen) atoms. The second kappa shape index (κ2) is 6.53. The summed E-state index contributed by atoms with van der Waals surface area (Å²) in [6.07, 6.45) is 4.10.